The zero-order valence-corrected chi connectivity index (χ0v) is 15.7. The second-order valence-electron chi connectivity index (χ2n) is 7.77. The van der Waals surface area contributed by atoms with Crippen molar-refractivity contribution in [1.29, 1.82) is 0 Å². The Morgan fingerprint density at radius 1 is 1.07 bits per heavy atom. The number of benzene rings is 1. The molecule has 0 saturated heterocycles. The Hall–Kier alpha value is -2.31. The van der Waals surface area contributed by atoms with Gasteiger partial charge in [-0.3, -0.25) is 4.79 Å². The molecule has 1 aliphatic carbocycles. The first kappa shape index (κ1) is 18.1. The molecule has 1 saturated carbocycles. The van der Waals surface area contributed by atoms with Gasteiger partial charge in [-0.1, -0.05) is 19.3 Å². The number of anilines is 1. The molecule has 1 fully saturated rings. The minimum atomic E-state index is -0.412. The van der Waals surface area contributed by atoms with Gasteiger partial charge in [0.15, 0.2) is 5.66 Å². The number of unbranched alkanes of at least 4 members (excludes halogenated alkanes) is 1. The molecule has 4 rings (SSSR count). The van der Waals surface area contributed by atoms with Crippen LogP contribution in [0.5, 0.6) is 5.75 Å². The van der Waals surface area contributed by atoms with E-state index in [4.69, 9.17) is 4.74 Å². The number of amides is 1. The second-order valence-corrected chi connectivity index (χ2v) is 7.77. The van der Waals surface area contributed by atoms with Crippen LogP contribution in [0, 0.1) is 5.92 Å². The molecule has 2 heterocycles. The maximum atomic E-state index is 11.4. The molecular formula is C20H27N5O2. The fraction of sp³-hybridized carbons (Fsp3) is 0.650. The molecule has 7 heteroatoms. The first-order valence-electron chi connectivity index (χ1n) is 10.1. The summed E-state index contributed by atoms with van der Waals surface area (Å²) >= 11 is 0. The molecular weight excluding hydrogens is 342 g/mol. The summed E-state index contributed by atoms with van der Waals surface area (Å²) in [6.07, 6.45) is 10.4. The van der Waals surface area contributed by atoms with Crippen molar-refractivity contribution in [2.45, 2.75) is 69.9 Å². The van der Waals surface area contributed by atoms with Gasteiger partial charge in [-0.15, -0.1) is 10.2 Å². The van der Waals surface area contributed by atoms with E-state index in [9.17, 15) is 4.79 Å². The number of hydrogen-bond acceptors (Lipinski definition) is 6. The smallest absolute Gasteiger partial charge is 0.224 e. The molecule has 3 aliphatic rings. The van der Waals surface area contributed by atoms with E-state index in [0.29, 0.717) is 18.9 Å². The van der Waals surface area contributed by atoms with Crippen molar-refractivity contribution in [3.05, 3.63) is 23.8 Å². The van der Waals surface area contributed by atoms with Gasteiger partial charge in [-0.2, -0.15) is 0 Å². The predicted molar refractivity (Wildman–Crippen MR) is 102 cm³/mol. The number of aryl methyl sites for hydroxylation is 1. The van der Waals surface area contributed by atoms with Crippen molar-refractivity contribution in [2.75, 3.05) is 11.9 Å². The van der Waals surface area contributed by atoms with Crippen molar-refractivity contribution in [3.8, 4) is 5.75 Å². The summed E-state index contributed by atoms with van der Waals surface area (Å²) in [5.74, 6) is 1.44. The van der Waals surface area contributed by atoms with Gasteiger partial charge < -0.3 is 10.1 Å². The number of carbonyl (C=O) groups is 1. The number of nitrogens with one attached hydrogen (secondary N) is 1. The van der Waals surface area contributed by atoms with E-state index < -0.39 is 5.66 Å². The lowest BCUT2D eigenvalue weighted by molar-refractivity contribution is -0.116. The normalized spacial score (nSPS) is 21.1. The molecule has 0 atom stereocenters. The maximum absolute atomic E-state index is 11.4. The monoisotopic (exact) mass is 369 g/mol. The lowest BCUT2D eigenvalue weighted by Crippen LogP contribution is -2.34. The van der Waals surface area contributed by atoms with Crippen molar-refractivity contribution in [2.24, 2.45) is 26.6 Å². The lowest BCUT2D eigenvalue weighted by Gasteiger charge is -2.32. The van der Waals surface area contributed by atoms with Crippen LogP contribution in [-0.4, -0.2) is 18.2 Å². The van der Waals surface area contributed by atoms with Gasteiger partial charge in [0, 0.05) is 18.0 Å². The lowest BCUT2D eigenvalue weighted by atomic mass is 9.78. The van der Waals surface area contributed by atoms with Crippen LogP contribution in [0.3, 0.4) is 0 Å². The van der Waals surface area contributed by atoms with Crippen LogP contribution >= 0.6 is 0 Å². The largest absolute Gasteiger partial charge is 0.494 e. The van der Waals surface area contributed by atoms with Crippen LogP contribution < -0.4 is 10.1 Å². The summed E-state index contributed by atoms with van der Waals surface area (Å²) in [7, 11) is 0. The molecule has 144 valence electrons. The highest BCUT2D eigenvalue weighted by molar-refractivity contribution is 5.93. The number of hydrogen-bond donors (Lipinski definition) is 1. The standard InChI is InChI=1S/C20H27N5O2/c26-19-11-8-15-14-17(9-10-18(15)21-19)27-13-5-4-12-20(22-24-25-23-20)16-6-2-1-3-7-16/h9-10,14,16H,1-8,11-13H2,(H,21,26). The third-order valence-corrected chi connectivity index (χ3v) is 5.91. The van der Waals surface area contributed by atoms with Crippen molar-refractivity contribution < 1.29 is 9.53 Å². The van der Waals surface area contributed by atoms with E-state index in [2.05, 4.69) is 26.0 Å². The fourth-order valence-corrected chi connectivity index (χ4v) is 4.37. The second kappa shape index (κ2) is 8.15. The third kappa shape index (κ3) is 4.17. The maximum Gasteiger partial charge on any atom is 0.224 e. The molecule has 1 N–H and O–H groups in total. The van der Waals surface area contributed by atoms with Crippen LogP contribution in [0.25, 0.3) is 0 Å². The molecule has 0 bridgehead atoms. The molecule has 1 amide bonds. The van der Waals surface area contributed by atoms with Gasteiger partial charge in [-0.25, -0.2) is 0 Å². The quantitative estimate of drug-likeness (QED) is 0.667. The molecule has 0 aromatic heterocycles. The summed E-state index contributed by atoms with van der Waals surface area (Å²) < 4.78 is 5.92. The summed E-state index contributed by atoms with van der Waals surface area (Å²) in [4.78, 5) is 11.4. The molecule has 27 heavy (non-hydrogen) atoms. The molecule has 1 aromatic rings. The molecule has 0 unspecified atom stereocenters. The van der Waals surface area contributed by atoms with Crippen molar-refractivity contribution >= 4 is 11.6 Å². The van der Waals surface area contributed by atoms with Crippen LogP contribution in [0.15, 0.2) is 38.9 Å². The Morgan fingerprint density at radius 2 is 1.89 bits per heavy atom. The highest BCUT2D eigenvalue weighted by Gasteiger charge is 2.41. The summed E-state index contributed by atoms with van der Waals surface area (Å²) in [6, 6.07) is 5.89. The summed E-state index contributed by atoms with van der Waals surface area (Å²) in [5, 5.41) is 19.4. The SMILES string of the molecule is O=C1CCc2cc(OCCCCC3(C4CCCCC4)N=NN=N3)ccc2N1. The van der Waals surface area contributed by atoms with E-state index in [0.717, 1.165) is 42.7 Å². The number of ether oxygens (including phenoxy) is 1. The molecule has 0 radical (unpaired) electrons. The van der Waals surface area contributed by atoms with Crippen molar-refractivity contribution in [3.63, 3.8) is 0 Å². The fourth-order valence-electron chi connectivity index (χ4n) is 4.37. The molecule has 2 aliphatic heterocycles. The molecule has 7 nitrogen and oxygen atoms in total. The van der Waals surface area contributed by atoms with Gasteiger partial charge in [-0.05, 0) is 72.7 Å². The predicted octanol–water partition coefficient (Wildman–Crippen LogP) is 5.23. The summed E-state index contributed by atoms with van der Waals surface area (Å²) in [6.45, 7) is 0.667. The zero-order chi connectivity index (χ0) is 18.5. The Kier molecular flexibility index (Phi) is 5.45. The van der Waals surface area contributed by atoms with Gasteiger partial charge >= 0.3 is 0 Å². The first-order valence-corrected chi connectivity index (χ1v) is 10.1. The van der Waals surface area contributed by atoms with E-state index >= 15 is 0 Å². The average Bonchev–Trinajstić information content (AvgIpc) is 3.18. The Labute approximate surface area is 159 Å². The van der Waals surface area contributed by atoms with Crippen molar-refractivity contribution in [1.82, 2.24) is 0 Å². The van der Waals surface area contributed by atoms with E-state index in [1.807, 2.05) is 18.2 Å². The van der Waals surface area contributed by atoms with E-state index in [-0.39, 0.29) is 5.91 Å². The van der Waals surface area contributed by atoms with Crippen LogP contribution in [0.4, 0.5) is 5.69 Å². The van der Waals surface area contributed by atoms with Crippen LogP contribution in [-0.2, 0) is 11.2 Å². The number of nitrogens with zero attached hydrogens (tertiary/aromatic N) is 4. The van der Waals surface area contributed by atoms with E-state index in [1.165, 1.54) is 32.1 Å². The molecule has 0 spiro atoms. The topological polar surface area (TPSA) is 87.8 Å². The Bertz CT molecular complexity index is 728. The third-order valence-electron chi connectivity index (χ3n) is 5.91. The van der Waals surface area contributed by atoms with Crippen LogP contribution in [0.2, 0.25) is 0 Å². The number of carbonyl (C=O) groups excluding carboxylic acids is 1. The number of rotatable bonds is 7. The Balaban J connectivity index is 1.25. The van der Waals surface area contributed by atoms with Gasteiger partial charge in [0.05, 0.1) is 6.61 Å². The van der Waals surface area contributed by atoms with Gasteiger partial charge in [0.25, 0.3) is 0 Å². The van der Waals surface area contributed by atoms with Gasteiger partial charge in [0.2, 0.25) is 5.91 Å². The summed E-state index contributed by atoms with van der Waals surface area (Å²) in [5.41, 5.74) is 1.64. The highest BCUT2D eigenvalue weighted by atomic mass is 16.5. The molecule has 1 aromatic carbocycles. The minimum absolute atomic E-state index is 0.0873. The zero-order valence-electron chi connectivity index (χ0n) is 15.7. The van der Waals surface area contributed by atoms with E-state index in [1.54, 1.807) is 0 Å². The Morgan fingerprint density at radius 3 is 2.70 bits per heavy atom. The van der Waals surface area contributed by atoms with Crippen LogP contribution in [0.1, 0.15) is 63.4 Å². The minimum Gasteiger partial charge on any atom is -0.494 e. The first-order chi connectivity index (χ1) is 13.3. The average molecular weight is 369 g/mol. The van der Waals surface area contributed by atoms with Gasteiger partial charge in [0.1, 0.15) is 5.75 Å². The number of fused-ring (bicyclic) bond motifs is 1. The highest BCUT2D eigenvalue weighted by Crippen LogP contribution is 2.42.